The maximum absolute atomic E-state index is 11.4. The number of halogens is 2. The summed E-state index contributed by atoms with van der Waals surface area (Å²) < 4.78 is 1.43. The molecule has 0 aliphatic rings. The summed E-state index contributed by atoms with van der Waals surface area (Å²) in [7, 11) is 0. The van der Waals surface area contributed by atoms with Crippen LogP contribution in [0.25, 0.3) is 16.9 Å². The van der Waals surface area contributed by atoms with Crippen LogP contribution in [0.5, 0.6) is 0 Å². The van der Waals surface area contributed by atoms with Crippen molar-refractivity contribution in [1.29, 1.82) is 0 Å². The Balaban J connectivity index is 2.31. The number of carboxylic acid groups (broad SMARTS) is 1. The van der Waals surface area contributed by atoms with Gasteiger partial charge < -0.3 is 10.8 Å². The molecule has 116 valence electrons. The maximum atomic E-state index is 11.4. The van der Waals surface area contributed by atoms with E-state index >= 15 is 0 Å². The van der Waals surface area contributed by atoms with E-state index in [0.717, 1.165) is 0 Å². The number of nitrogens with two attached hydrogens (primary N) is 1. The van der Waals surface area contributed by atoms with Gasteiger partial charge in [-0.05, 0) is 24.3 Å². The van der Waals surface area contributed by atoms with Crippen molar-refractivity contribution in [2.45, 2.75) is 0 Å². The van der Waals surface area contributed by atoms with E-state index in [1.165, 1.54) is 4.68 Å². The molecule has 1 heterocycles. The van der Waals surface area contributed by atoms with Gasteiger partial charge in [-0.3, -0.25) is 0 Å². The quantitative estimate of drug-likeness (QED) is 0.746. The molecule has 0 fully saturated rings. The van der Waals surface area contributed by atoms with Gasteiger partial charge in [-0.1, -0.05) is 47.5 Å². The van der Waals surface area contributed by atoms with Gasteiger partial charge in [0.2, 0.25) is 0 Å². The fraction of sp³-hybridized carbons (Fsp3) is 0. The first-order valence-electron chi connectivity index (χ1n) is 6.61. The SMILES string of the molecule is Nc1c(C(=O)O)nn(-c2ccccc2Cl)c1-c1ccc(Cl)cc1. The topological polar surface area (TPSA) is 81.1 Å². The van der Waals surface area contributed by atoms with Crippen LogP contribution >= 0.6 is 23.2 Å². The summed E-state index contributed by atoms with van der Waals surface area (Å²) in [6.45, 7) is 0. The molecule has 0 saturated heterocycles. The van der Waals surface area contributed by atoms with Gasteiger partial charge in [0.25, 0.3) is 0 Å². The smallest absolute Gasteiger partial charge is 0.358 e. The Labute approximate surface area is 141 Å². The number of hydrogen-bond donors (Lipinski definition) is 2. The van der Waals surface area contributed by atoms with Crippen molar-refractivity contribution in [3.63, 3.8) is 0 Å². The molecule has 0 saturated carbocycles. The molecule has 3 aromatic rings. The van der Waals surface area contributed by atoms with Crippen LogP contribution in [-0.4, -0.2) is 20.9 Å². The maximum Gasteiger partial charge on any atom is 0.358 e. The minimum Gasteiger partial charge on any atom is -0.476 e. The summed E-state index contributed by atoms with van der Waals surface area (Å²) in [6, 6.07) is 13.9. The number of aromatic nitrogens is 2. The van der Waals surface area contributed by atoms with Crippen molar-refractivity contribution in [2.75, 3.05) is 5.73 Å². The number of rotatable bonds is 3. The van der Waals surface area contributed by atoms with E-state index in [2.05, 4.69) is 5.10 Å². The number of nitrogen functional groups attached to an aromatic ring is 1. The number of aromatic carboxylic acids is 1. The highest BCUT2D eigenvalue weighted by Gasteiger charge is 2.23. The molecular formula is C16H11Cl2N3O2. The van der Waals surface area contributed by atoms with Gasteiger partial charge >= 0.3 is 5.97 Å². The van der Waals surface area contributed by atoms with E-state index in [0.29, 0.717) is 27.0 Å². The molecule has 0 aliphatic heterocycles. The molecule has 0 atom stereocenters. The van der Waals surface area contributed by atoms with Crippen LogP contribution in [0.3, 0.4) is 0 Å². The molecule has 0 unspecified atom stereocenters. The van der Waals surface area contributed by atoms with Crippen molar-refractivity contribution in [2.24, 2.45) is 0 Å². The van der Waals surface area contributed by atoms with Crippen LogP contribution in [-0.2, 0) is 0 Å². The molecule has 0 radical (unpaired) electrons. The Hall–Kier alpha value is -2.50. The van der Waals surface area contributed by atoms with Crippen molar-refractivity contribution in [3.05, 3.63) is 64.3 Å². The Morgan fingerprint density at radius 1 is 1.09 bits per heavy atom. The van der Waals surface area contributed by atoms with Gasteiger partial charge in [-0.25, -0.2) is 9.48 Å². The number of para-hydroxylation sites is 1. The normalized spacial score (nSPS) is 10.7. The molecule has 2 aromatic carbocycles. The first kappa shape index (κ1) is 15.4. The van der Waals surface area contributed by atoms with Crippen LogP contribution in [0, 0.1) is 0 Å². The van der Waals surface area contributed by atoms with Crippen molar-refractivity contribution in [1.82, 2.24) is 9.78 Å². The standard InChI is InChI=1S/C16H11Cl2N3O2/c17-10-7-5-9(6-8-10)15-13(19)14(16(22)23)20-21(15)12-4-2-1-3-11(12)18/h1-8H,19H2,(H,22,23). The van der Waals surface area contributed by atoms with Gasteiger partial charge in [-0.15, -0.1) is 0 Å². The minimum absolute atomic E-state index is 0.0692. The average molecular weight is 348 g/mol. The summed E-state index contributed by atoms with van der Waals surface area (Å²) in [5, 5.41) is 14.4. The van der Waals surface area contributed by atoms with Crippen LogP contribution in [0.15, 0.2) is 48.5 Å². The van der Waals surface area contributed by atoms with E-state index in [1.54, 1.807) is 48.5 Å². The second-order valence-electron chi connectivity index (χ2n) is 4.79. The van der Waals surface area contributed by atoms with Gasteiger partial charge in [0, 0.05) is 10.6 Å². The van der Waals surface area contributed by atoms with Crippen LogP contribution in [0.4, 0.5) is 5.69 Å². The third kappa shape index (κ3) is 2.76. The zero-order valence-corrected chi connectivity index (χ0v) is 13.2. The number of anilines is 1. The van der Waals surface area contributed by atoms with E-state index in [1.807, 2.05) is 0 Å². The Bertz CT molecular complexity index is 889. The molecule has 3 rings (SSSR count). The number of hydrogen-bond acceptors (Lipinski definition) is 3. The van der Waals surface area contributed by atoms with Gasteiger partial charge in [-0.2, -0.15) is 5.10 Å². The lowest BCUT2D eigenvalue weighted by Gasteiger charge is -2.10. The molecule has 1 aromatic heterocycles. The predicted molar refractivity (Wildman–Crippen MR) is 90.4 cm³/mol. The first-order valence-corrected chi connectivity index (χ1v) is 7.37. The number of benzene rings is 2. The van der Waals surface area contributed by atoms with Crippen LogP contribution in [0.1, 0.15) is 10.5 Å². The Morgan fingerprint density at radius 3 is 2.35 bits per heavy atom. The lowest BCUT2D eigenvalue weighted by Crippen LogP contribution is -2.03. The second kappa shape index (κ2) is 5.95. The fourth-order valence-electron chi connectivity index (χ4n) is 2.27. The zero-order valence-electron chi connectivity index (χ0n) is 11.7. The summed E-state index contributed by atoms with van der Waals surface area (Å²) in [5.41, 5.74) is 7.54. The van der Waals surface area contributed by atoms with E-state index < -0.39 is 5.97 Å². The molecule has 0 amide bonds. The zero-order chi connectivity index (χ0) is 16.6. The van der Waals surface area contributed by atoms with Crippen LogP contribution in [0.2, 0.25) is 10.0 Å². The molecule has 7 heteroatoms. The fourth-order valence-corrected chi connectivity index (χ4v) is 2.61. The van der Waals surface area contributed by atoms with Crippen LogP contribution < -0.4 is 5.73 Å². The Morgan fingerprint density at radius 2 is 1.74 bits per heavy atom. The molecule has 3 N–H and O–H groups in total. The first-order chi connectivity index (χ1) is 11.0. The second-order valence-corrected chi connectivity index (χ2v) is 5.63. The van der Waals surface area contributed by atoms with Gasteiger partial charge in [0.1, 0.15) is 0 Å². The van der Waals surface area contributed by atoms with Gasteiger partial charge in [0.15, 0.2) is 5.69 Å². The predicted octanol–water partition coefficient (Wildman–Crippen LogP) is 4.13. The van der Waals surface area contributed by atoms with Crippen molar-refractivity contribution < 1.29 is 9.90 Å². The highest BCUT2D eigenvalue weighted by Crippen LogP contribution is 2.33. The number of nitrogens with zero attached hydrogens (tertiary/aromatic N) is 2. The van der Waals surface area contributed by atoms with Crippen molar-refractivity contribution >= 4 is 34.9 Å². The highest BCUT2D eigenvalue weighted by atomic mass is 35.5. The summed E-state index contributed by atoms with van der Waals surface area (Å²) in [6.07, 6.45) is 0. The van der Waals surface area contributed by atoms with Crippen molar-refractivity contribution in [3.8, 4) is 16.9 Å². The summed E-state index contributed by atoms with van der Waals surface area (Å²) in [4.78, 5) is 11.4. The third-order valence-corrected chi connectivity index (χ3v) is 3.89. The molecule has 0 aliphatic carbocycles. The molecule has 0 spiro atoms. The van der Waals surface area contributed by atoms with E-state index in [-0.39, 0.29) is 11.4 Å². The molecule has 5 nitrogen and oxygen atoms in total. The third-order valence-electron chi connectivity index (χ3n) is 3.32. The molecule has 0 bridgehead atoms. The molecule has 23 heavy (non-hydrogen) atoms. The average Bonchev–Trinajstić information content (AvgIpc) is 2.86. The van der Waals surface area contributed by atoms with E-state index in [4.69, 9.17) is 28.9 Å². The minimum atomic E-state index is -1.21. The highest BCUT2D eigenvalue weighted by molar-refractivity contribution is 6.32. The largest absolute Gasteiger partial charge is 0.476 e. The van der Waals surface area contributed by atoms with E-state index in [9.17, 15) is 9.90 Å². The number of carboxylic acids is 1. The lowest BCUT2D eigenvalue weighted by atomic mass is 10.1. The van der Waals surface area contributed by atoms with Gasteiger partial charge in [0.05, 0.1) is 22.1 Å². The summed E-state index contributed by atoms with van der Waals surface area (Å²) in [5.74, 6) is -1.21. The monoisotopic (exact) mass is 347 g/mol. The molecular weight excluding hydrogens is 337 g/mol. The Kier molecular flexibility index (Phi) is 3.98. The summed E-state index contributed by atoms with van der Waals surface area (Å²) >= 11 is 12.1. The lowest BCUT2D eigenvalue weighted by molar-refractivity contribution is 0.0691. The number of carbonyl (C=O) groups is 1.